The molecule has 0 aliphatic rings. The van der Waals surface area contributed by atoms with Crippen LogP contribution in [0.2, 0.25) is 0 Å². The van der Waals surface area contributed by atoms with Crippen molar-refractivity contribution in [3.8, 4) is 0 Å². The van der Waals surface area contributed by atoms with Crippen molar-refractivity contribution in [3.63, 3.8) is 0 Å². The molecular weight excluding hydrogens is 260 g/mol. The number of nitrogens with two attached hydrogens (primary N) is 1. The average Bonchev–Trinajstić information content (AvgIpc) is 2.82. The van der Waals surface area contributed by atoms with E-state index in [-0.39, 0.29) is 5.91 Å². The molecule has 0 saturated heterocycles. The van der Waals surface area contributed by atoms with Gasteiger partial charge in [0.05, 0.1) is 12.1 Å². The smallest absolute Gasteiger partial charge is 0.228 e. The van der Waals surface area contributed by atoms with Gasteiger partial charge in [0.1, 0.15) is 0 Å². The Morgan fingerprint density at radius 1 is 1.42 bits per heavy atom. The van der Waals surface area contributed by atoms with E-state index in [1.807, 2.05) is 23.6 Å². The Morgan fingerprint density at radius 2 is 2.26 bits per heavy atom. The summed E-state index contributed by atoms with van der Waals surface area (Å²) in [6, 6.07) is 5.78. The molecule has 2 N–H and O–H groups in total. The maximum Gasteiger partial charge on any atom is 0.228 e. The Labute approximate surface area is 116 Å². The molecule has 100 valence electrons. The Hall–Kier alpha value is -1.95. The first-order valence-electron chi connectivity index (χ1n) is 5.99. The Morgan fingerprint density at radius 3 is 2.89 bits per heavy atom. The first-order chi connectivity index (χ1) is 9.15. The van der Waals surface area contributed by atoms with E-state index in [9.17, 15) is 4.79 Å². The van der Waals surface area contributed by atoms with E-state index in [1.54, 1.807) is 18.1 Å². The average molecular weight is 276 g/mol. The molecule has 0 aliphatic carbocycles. The van der Waals surface area contributed by atoms with Gasteiger partial charge in [-0.25, -0.2) is 4.98 Å². The number of hydrogen-bond donors (Lipinski definition) is 1. The van der Waals surface area contributed by atoms with Gasteiger partial charge in [0, 0.05) is 37.3 Å². The lowest BCUT2D eigenvalue weighted by atomic mass is 10.2. The minimum atomic E-state index is 0.0428. The van der Waals surface area contributed by atoms with E-state index in [2.05, 4.69) is 9.97 Å². The van der Waals surface area contributed by atoms with Crippen molar-refractivity contribution < 1.29 is 4.79 Å². The molecule has 0 radical (unpaired) electrons. The lowest BCUT2D eigenvalue weighted by Crippen LogP contribution is -2.30. The van der Waals surface area contributed by atoms with Gasteiger partial charge in [-0.3, -0.25) is 9.78 Å². The van der Waals surface area contributed by atoms with Crippen LogP contribution in [0.3, 0.4) is 0 Å². The minimum absolute atomic E-state index is 0.0428. The van der Waals surface area contributed by atoms with Crippen LogP contribution in [0.4, 0.5) is 5.13 Å². The van der Waals surface area contributed by atoms with Gasteiger partial charge < -0.3 is 10.6 Å². The zero-order valence-corrected chi connectivity index (χ0v) is 11.6. The Bertz CT molecular complexity index is 541. The number of carbonyl (C=O) groups is 1. The summed E-state index contributed by atoms with van der Waals surface area (Å²) >= 11 is 1.35. The number of pyridine rings is 1. The van der Waals surface area contributed by atoms with Crippen LogP contribution >= 0.6 is 11.3 Å². The molecule has 0 atom stereocenters. The number of rotatable bonds is 5. The number of carbonyl (C=O) groups excluding carboxylic acids is 1. The largest absolute Gasteiger partial charge is 0.375 e. The second kappa shape index (κ2) is 6.29. The summed E-state index contributed by atoms with van der Waals surface area (Å²) in [5, 5.41) is 2.32. The van der Waals surface area contributed by atoms with Crippen LogP contribution in [-0.2, 0) is 17.6 Å². The van der Waals surface area contributed by atoms with E-state index in [4.69, 9.17) is 5.73 Å². The van der Waals surface area contributed by atoms with E-state index in [0.29, 0.717) is 18.1 Å². The second-order valence-corrected chi connectivity index (χ2v) is 5.13. The number of thiazole rings is 1. The summed E-state index contributed by atoms with van der Waals surface area (Å²) in [6.07, 6.45) is 2.81. The fourth-order valence-corrected chi connectivity index (χ4v) is 2.21. The number of nitrogens with zero attached hydrogens (tertiary/aromatic N) is 3. The van der Waals surface area contributed by atoms with Crippen molar-refractivity contribution in [2.24, 2.45) is 0 Å². The summed E-state index contributed by atoms with van der Waals surface area (Å²) in [5.74, 6) is 0.0428. The number of hydrogen-bond acceptors (Lipinski definition) is 5. The van der Waals surface area contributed by atoms with Crippen LogP contribution in [0.1, 0.15) is 11.4 Å². The molecule has 2 rings (SSSR count). The number of anilines is 1. The molecule has 0 unspecified atom stereocenters. The van der Waals surface area contributed by atoms with Gasteiger partial charge in [0.15, 0.2) is 5.13 Å². The van der Waals surface area contributed by atoms with Crippen molar-refractivity contribution in [2.75, 3.05) is 19.3 Å². The van der Waals surface area contributed by atoms with Crippen LogP contribution in [0.25, 0.3) is 0 Å². The van der Waals surface area contributed by atoms with Gasteiger partial charge in [-0.15, -0.1) is 11.3 Å². The van der Waals surface area contributed by atoms with Crippen LogP contribution in [-0.4, -0.2) is 34.4 Å². The molecular formula is C13H16N4OS. The highest BCUT2D eigenvalue weighted by Crippen LogP contribution is 2.12. The van der Waals surface area contributed by atoms with Crippen molar-refractivity contribution in [3.05, 3.63) is 41.2 Å². The van der Waals surface area contributed by atoms with Crippen molar-refractivity contribution in [1.82, 2.24) is 14.9 Å². The quantitative estimate of drug-likeness (QED) is 0.895. The van der Waals surface area contributed by atoms with E-state index in [0.717, 1.165) is 17.8 Å². The fraction of sp³-hybridized carbons (Fsp3) is 0.308. The van der Waals surface area contributed by atoms with E-state index < -0.39 is 0 Å². The first kappa shape index (κ1) is 13.5. The molecule has 2 aromatic rings. The lowest BCUT2D eigenvalue weighted by Gasteiger charge is -2.16. The maximum absolute atomic E-state index is 12.0. The minimum Gasteiger partial charge on any atom is -0.375 e. The Balaban J connectivity index is 1.82. The van der Waals surface area contributed by atoms with Crippen molar-refractivity contribution in [1.29, 1.82) is 0 Å². The highest BCUT2D eigenvalue weighted by molar-refractivity contribution is 7.13. The van der Waals surface area contributed by atoms with Gasteiger partial charge in [-0.2, -0.15) is 0 Å². The van der Waals surface area contributed by atoms with Gasteiger partial charge in [0.2, 0.25) is 5.91 Å². The number of amides is 1. The third kappa shape index (κ3) is 4.03. The van der Waals surface area contributed by atoms with Gasteiger partial charge >= 0.3 is 0 Å². The van der Waals surface area contributed by atoms with Crippen LogP contribution in [0.5, 0.6) is 0 Å². The highest BCUT2D eigenvalue weighted by atomic mass is 32.1. The van der Waals surface area contributed by atoms with Crippen LogP contribution in [0, 0.1) is 0 Å². The van der Waals surface area contributed by atoms with Gasteiger partial charge in [-0.1, -0.05) is 6.07 Å². The lowest BCUT2D eigenvalue weighted by molar-refractivity contribution is -0.129. The molecule has 6 heteroatoms. The van der Waals surface area contributed by atoms with E-state index >= 15 is 0 Å². The van der Waals surface area contributed by atoms with Crippen molar-refractivity contribution in [2.45, 2.75) is 12.8 Å². The summed E-state index contributed by atoms with van der Waals surface area (Å²) < 4.78 is 0. The Kier molecular flexibility index (Phi) is 4.46. The first-order valence-corrected chi connectivity index (χ1v) is 6.87. The highest BCUT2D eigenvalue weighted by Gasteiger charge is 2.11. The molecule has 0 aromatic carbocycles. The third-order valence-corrected chi connectivity index (χ3v) is 3.48. The fourth-order valence-electron chi connectivity index (χ4n) is 1.65. The molecule has 2 aromatic heterocycles. The zero-order valence-electron chi connectivity index (χ0n) is 10.7. The van der Waals surface area contributed by atoms with E-state index in [1.165, 1.54) is 11.3 Å². The summed E-state index contributed by atoms with van der Waals surface area (Å²) in [4.78, 5) is 22.0. The standard InChI is InChI=1S/C13H16N4OS/c1-17(7-5-10-4-2-3-6-15-10)12(18)8-11-9-19-13(14)16-11/h2-4,6,9H,5,7-8H2,1H3,(H2,14,16). The monoisotopic (exact) mass is 276 g/mol. The normalized spacial score (nSPS) is 10.4. The molecule has 5 nitrogen and oxygen atoms in total. The summed E-state index contributed by atoms with van der Waals surface area (Å²) in [6.45, 7) is 0.648. The number of likely N-dealkylation sites (N-methyl/N-ethyl adjacent to an activating group) is 1. The van der Waals surface area contributed by atoms with Crippen LogP contribution in [0.15, 0.2) is 29.8 Å². The molecule has 0 bridgehead atoms. The third-order valence-electron chi connectivity index (χ3n) is 2.76. The van der Waals surface area contributed by atoms with Crippen LogP contribution < -0.4 is 5.73 Å². The molecule has 1 amide bonds. The van der Waals surface area contributed by atoms with Gasteiger partial charge in [-0.05, 0) is 12.1 Å². The molecule has 0 spiro atoms. The topological polar surface area (TPSA) is 72.1 Å². The SMILES string of the molecule is CN(CCc1ccccn1)C(=O)Cc1csc(N)n1. The predicted octanol–water partition coefficient (Wildman–Crippen LogP) is 1.36. The summed E-state index contributed by atoms with van der Waals surface area (Å²) in [7, 11) is 1.79. The number of nitrogen functional groups attached to an aromatic ring is 1. The molecule has 0 aliphatic heterocycles. The van der Waals surface area contributed by atoms with Gasteiger partial charge in [0.25, 0.3) is 0 Å². The zero-order chi connectivity index (χ0) is 13.7. The van der Waals surface area contributed by atoms with Crippen molar-refractivity contribution >= 4 is 22.4 Å². The number of aromatic nitrogens is 2. The molecule has 0 fully saturated rings. The maximum atomic E-state index is 12.0. The molecule has 0 saturated carbocycles. The summed E-state index contributed by atoms with van der Waals surface area (Å²) in [5.41, 5.74) is 7.26. The molecule has 19 heavy (non-hydrogen) atoms. The molecule has 2 heterocycles. The second-order valence-electron chi connectivity index (χ2n) is 4.24. The predicted molar refractivity (Wildman–Crippen MR) is 75.8 cm³/mol.